The molecule has 0 bridgehead atoms. The molecule has 1 aromatic rings. The number of rotatable bonds is 1. The molecule has 2 aliphatic heterocycles. The van der Waals surface area contributed by atoms with Crippen LogP contribution in [0.1, 0.15) is 15.2 Å². The Bertz CT molecular complexity index is 630. The number of urea groups is 1. The summed E-state index contributed by atoms with van der Waals surface area (Å²) in [7, 11) is 0. The Hall–Kier alpha value is -2.04. The molecule has 3 rings (SSSR count). The molecule has 3 amide bonds. The minimum Gasteiger partial charge on any atom is -0.336 e. The highest BCUT2D eigenvalue weighted by Crippen LogP contribution is 2.21. The van der Waals surface area contributed by atoms with Crippen molar-refractivity contribution in [1.29, 1.82) is 0 Å². The number of carbonyl (C=O) groups is 2. The Morgan fingerprint density at radius 1 is 1.52 bits per heavy atom. The van der Waals surface area contributed by atoms with Crippen LogP contribution in [0, 0.1) is 11.8 Å². The van der Waals surface area contributed by atoms with E-state index in [1.54, 1.807) is 9.80 Å². The SMILES string of the molecule is NCC#Cc1ccsc1C(=O)N1CCN2C(=O)NCC2C1. The summed E-state index contributed by atoms with van der Waals surface area (Å²) in [5.41, 5.74) is 6.11. The highest BCUT2D eigenvalue weighted by molar-refractivity contribution is 7.12. The number of piperazine rings is 1. The van der Waals surface area contributed by atoms with Crippen molar-refractivity contribution in [2.24, 2.45) is 5.73 Å². The van der Waals surface area contributed by atoms with Gasteiger partial charge in [0.15, 0.2) is 0 Å². The summed E-state index contributed by atoms with van der Waals surface area (Å²) in [4.78, 5) is 28.5. The number of amides is 3. The van der Waals surface area contributed by atoms with E-state index < -0.39 is 0 Å². The minimum atomic E-state index is -0.0299. The fraction of sp³-hybridized carbons (Fsp3) is 0.429. The van der Waals surface area contributed by atoms with Gasteiger partial charge in [-0.15, -0.1) is 11.3 Å². The third kappa shape index (κ3) is 2.60. The van der Waals surface area contributed by atoms with E-state index in [0.29, 0.717) is 31.1 Å². The van der Waals surface area contributed by atoms with Crippen molar-refractivity contribution in [2.45, 2.75) is 6.04 Å². The average Bonchev–Trinajstić information content (AvgIpc) is 3.11. The smallest absolute Gasteiger partial charge is 0.317 e. The van der Waals surface area contributed by atoms with Gasteiger partial charge in [0.1, 0.15) is 4.88 Å². The Morgan fingerprint density at radius 3 is 3.19 bits per heavy atom. The van der Waals surface area contributed by atoms with Gasteiger partial charge in [-0.05, 0) is 11.4 Å². The van der Waals surface area contributed by atoms with Gasteiger partial charge in [-0.25, -0.2) is 4.79 Å². The number of fused-ring (bicyclic) bond motifs is 1. The molecule has 110 valence electrons. The summed E-state index contributed by atoms with van der Waals surface area (Å²) < 4.78 is 0. The molecule has 2 aliphatic rings. The largest absolute Gasteiger partial charge is 0.336 e. The molecule has 6 nitrogen and oxygen atoms in total. The van der Waals surface area contributed by atoms with Crippen LogP contribution < -0.4 is 11.1 Å². The number of hydrogen-bond donors (Lipinski definition) is 2. The molecule has 1 aromatic heterocycles. The first-order valence-corrected chi connectivity index (χ1v) is 7.69. The lowest BCUT2D eigenvalue weighted by atomic mass is 10.1. The standard InChI is InChI=1S/C14H16N4O2S/c15-4-1-2-10-3-7-21-12(10)13(19)17-5-6-18-11(9-17)8-16-14(18)20/h3,7,11H,4-6,8-9,15H2,(H,16,20). The van der Waals surface area contributed by atoms with Crippen LogP contribution in [0.3, 0.4) is 0 Å². The fourth-order valence-corrected chi connectivity index (χ4v) is 3.47. The molecule has 7 heteroatoms. The van der Waals surface area contributed by atoms with Crippen LogP contribution >= 0.6 is 11.3 Å². The van der Waals surface area contributed by atoms with Crippen LogP contribution in [0.25, 0.3) is 0 Å². The lowest BCUT2D eigenvalue weighted by molar-refractivity contribution is 0.0621. The van der Waals surface area contributed by atoms with E-state index in [0.717, 1.165) is 5.56 Å². The molecule has 0 saturated carbocycles. The molecule has 0 aromatic carbocycles. The van der Waals surface area contributed by atoms with Crippen molar-refractivity contribution in [2.75, 3.05) is 32.7 Å². The van der Waals surface area contributed by atoms with Crippen LogP contribution in [-0.4, -0.2) is 60.5 Å². The molecule has 1 unspecified atom stereocenters. The second kappa shape index (κ2) is 5.76. The quantitative estimate of drug-likeness (QED) is 0.712. The first-order chi connectivity index (χ1) is 10.2. The number of nitrogens with zero attached hydrogens (tertiary/aromatic N) is 2. The minimum absolute atomic E-state index is 0.00896. The molecule has 2 fully saturated rings. The maximum atomic E-state index is 12.6. The van der Waals surface area contributed by atoms with Gasteiger partial charge in [-0.2, -0.15) is 0 Å². The summed E-state index contributed by atoms with van der Waals surface area (Å²) in [5.74, 6) is 5.71. The Morgan fingerprint density at radius 2 is 2.38 bits per heavy atom. The van der Waals surface area contributed by atoms with Crippen molar-refractivity contribution in [3.8, 4) is 11.8 Å². The normalized spacial score (nSPS) is 20.6. The average molecular weight is 304 g/mol. The Balaban J connectivity index is 1.74. The summed E-state index contributed by atoms with van der Waals surface area (Å²) in [6.45, 7) is 2.59. The summed E-state index contributed by atoms with van der Waals surface area (Å²) in [6.07, 6.45) is 0. The van der Waals surface area contributed by atoms with Gasteiger partial charge in [-0.1, -0.05) is 11.8 Å². The zero-order valence-corrected chi connectivity index (χ0v) is 12.3. The number of nitrogens with two attached hydrogens (primary N) is 1. The molecule has 21 heavy (non-hydrogen) atoms. The Kier molecular flexibility index (Phi) is 3.82. The topological polar surface area (TPSA) is 78.7 Å². The van der Waals surface area contributed by atoms with E-state index in [4.69, 9.17) is 5.73 Å². The lowest BCUT2D eigenvalue weighted by Crippen LogP contribution is -2.53. The Labute approximate surface area is 126 Å². The third-order valence-corrected chi connectivity index (χ3v) is 4.61. The molecule has 0 aliphatic carbocycles. The molecular formula is C14H16N4O2S. The van der Waals surface area contributed by atoms with Crippen LogP contribution in [-0.2, 0) is 0 Å². The van der Waals surface area contributed by atoms with Crippen LogP contribution in [0.5, 0.6) is 0 Å². The molecule has 0 radical (unpaired) electrons. The second-order valence-corrected chi connectivity index (χ2v) is 5.87. The number of hydrogen-bond acceptors (Lipinski definition) is 4. The maximum Gasteiger partial charge on any atom is 0.317 e. The van der Waals surface area contributed by atoms with E-state index >= 15 is 0 Å². The van der Waals surface area contributed by atoms with Crippen LogP contribution in [0.4, 0.5) is 4.79 Å². The highest BCUT2D eigenvalue weighted by atomic mass is 32.1. The van der Waals surface area contributed by atoms with Crippen molar-refractivity contribution < 1.29 is 9.59 Å². The van der Waals surface area contributed by atoms with Gasteiger partial charge in [0.25, 0.3) is 5.91 Å². The molecule has 3 heterocycles. The lowest BCUT2D eigenvalue weighted by Gasteiger charge is -2.36. The van der Waals surface area contributed by atoms with E-state index in [1.165, 1.54) is 11.3 Å². The van der Waals surface area contributed by atoms with E-state index in [-0.39, 0.29) is 24.5 Å². The highest BCUT2D eigenvalue weighted by Gasteiger charge is 2.37. The van der Waals surface area contributed by atoms with Crippen molar-refractivity contribution >= 4 is 23.3 Å². The predicted molar refractivity (Wildman–Crippen MR) is 80.0 cm³/mol. The first kappa shape index (κ1) is 13.9. The third-order valence-electron chi connectivity index (χ3n) is 3.70. The summed E-state index contributed by atoms with van der Waals surface area (Å²) >= 11 is 1.40. The number of carbonyl (C=O) groups excluding carboxylic acids is 2. The summed E-state index contributed by atoms with van der Waals surface area (Å²) in [6, 6.07) is 1.89. The molecule has 1 atom stereocenters. The molecular weight excluding hydrogens is 288 g/mol. The predicted octanol–water partition coefficient (Wildman–Crippen LogP) is -0.0921. The number of nitrogens with one attached hydrogen (secondary N) is 1. The van der Waals surface area contributed by atoms with Gasteiger partial charge >= 0.3 is 6.03 Å². The zero-order chi connectivity index (χ0) is 14.8. The summed E-state index contributed by atoms with van der Waals surface area (Å²) in [5, 5.41) is 4.68. The molecule has 3 N–H and O–H groups in total. The second-order valence-electron chi connectivity index (χ2n) is 4.95. The van der Waals surface area contributed by atoms with E-state index in [1.807, 2.05) is 11.4 Å². The number of thiophene rings is 1. The maximum absolute atomic E-state index is 12.6. The van der Waals surface area contributed by atoms with E-state index in [9.17, 15) is 9.59 Å². The first-order valence-electron chi connectivity index (χ1n) is 6.81. The van der Waals surface area contributed by atoms with Crippen molar-refractivity contribution in [1.82, 2.24) is 15.1 Å². The van der Waals surface area contributed by atoms with Crippen LogP contribution in [0.2, 0.25) is 0 Å². The monoisotopic (exact) mass is 304 g/mol. The van der Waals surface area contributed by atoms with E-state index in [2.05, 4.69) is 17.2 Å². The fourth-order valence-electron chi connectivity index (χ4n) is 2.65. The van der Waals surface area contributed by atoms with Gasteiger partial charge < -0.3 is 20.9 Å². The van der Waals surface area contributed by atoms with Gasteiger partial charge in [0.2, 0.25) is 0 Å². The van der Waals surface area contributed by atoms with Gasteiger partial charge in [-0.3, -0.25) is 4.79 Å². The molecule has 2 saturated heterocycles. The van der Waals surface area contributed by atoms with Gasteiger partial charge in [0, 0.05) is 31.7 Å². The van der Waals surface area contributed by atoms with Crippen molar-refractivity contribution in [3.63, 3.8) is 0 Å². The van der Waals surface area contributed by atoms with Crippen molar-refractivity contribution in [3.05, 3.63) is 21.9 Å². The van der Waals surface area contributed by atoms with Crippen LogP contribution in [0.15, 0.2) is 11.4 Å². The zero-order valence-electron chi connectivity index (χ0n) is 11.5. The van der Waals surface area contributed by atoms with Gasteiger partial charge in [0.05, 0.1) is 12.6 Å². The molecule has 0 spiro atoms.